The molecule has 3 atom stereocenters. The maximum Gasteiger partial charge on any atom is 0.310 e. The molecule has 2 aromatic rings. The first-order chi connectivity index (χ1) is 16.1. The summed E-state index contributed by atoms with van der Waals surface area (Å²) >= 11 is 0. The molecule has 1 amide bonds. The van der Waals surface area contributed by atoms with Gasteiger partial charge in [-0.3, -0.25) is 19.7 Å². The third-order valence-electron chi connectivity index (χ3n) is 5.68. The highest BCUT2D eigenvalue weighted by molar-refractivity contribution is 7.88. The summed E-state index contributed by atoms with van der Waals surface area (Å²) in [6, 6.07) is 9.97. The number of rotatable bonds is 8. The largest absolute Gasteiger partial charge is 0.497 e. The normalized spacial score (nSPS) is 20.5. The molecule has 1 heterocycles. The fraction of sp³-hybridized carbons (Fsp3) is 0.364. The van der Waals surface area contributed by atoms with E-state index in [-0.39, 0.29) is 24.2 Å². The smallest absolute Gasteiger partial charge is 0.310 e. The molecule has 2 aromatic carbocycles. The standard InChI is InChI=1S/C22H25N3O8S/c1-32-17-9-7-14(8-10-17)13-23-21(26)19-12-18(22(27)33-2)20(24(19)34(3,30)31)15-5-4-6-16(11-15)25(28)29/h4-11,18-20H,12-13H2,1-3H3,(H,23,26). The molecule has 1 aliphatic heterocycles. The molecular formula is C22H25N3O8S. The van der Waals surface area contributed by atoms with Crippen LogP contribution in [-0.2, 0) is 30.9 Å². The highest BCUT2D eigenvalue weighted by Crippen LogP contribution is 2.44. The number of nitrogens with zero attached hydrogens (tertiary/aromatic N) is 2. The molecule has 0 saturated carbocycles. The molecule has 3 unspecified atom stereocenters. The lowest BCUT2D eigenvalue weighted by molar-refractivity contribution is -0.385. The molecule has 1 fully saturated rings. The fourth-order valence-electron chi connectivity index (χ4n) is 4.13. The number of nitro benzene ring substituents is 1. The monoisotopic (exact) mass is 491 g/mol. The maximum absolute atomic E-state index is 13.1. The molecular weight excluding hydrogens is 466 g/mol. The van der Waals surface area contributed by atoms with Crippen molar-refractivity contribution in [1.82, 2.24) is 9.62 Å². The van der Waals surface area contributed by atoms with Crippen LogP contribution in [0.25, 0.3) is 0 Å². The zero-order valence-corrected chi connectivity index (χ0v) is 19.7. The lowest BCUT2D eigenvalue weighted by Crippen LogP contribution is -2.46. The van der Waals surface area contributed by atoms with Gasteiger partial charge in [-0.25, -0.2) is 8.42 Å². The van der Waals surface area contributed by atoms with Gasteiger partial charge in [-0.2, -0.15) is 4.31 Å². The zero-order valence-electron chi connectivity index (χ0n) is 18.8. The quantitative estimate of drug-likeness (QED) is 0.334. The summed E-state index contributed by atoms with van der Waals surface area (Å²) in [6.45, 7) is 0.126. The Balaban J connectivity index is 1.95. The average molecular weight is 492 g/mol. The first-order valence-electron chi connectivity index (χ1n) is 10.3. The van der Waals surface area contributed by atoms with E-state index in [4.69, 9.17) is 9.47 Å². The van der Waals surface area contributed by atoms with E-state index in [9.17, 15) is 28.1 Å². The summed E-state index contributed by atoms with van der Waals surface area (Å²) in [4.78, 5) is 36.3. The van der Waals surface area contributed by atoms with E-state index < -0.39 is 44.8 Å². The summed E-state index contributed by atoms with van der Waals surface area (Å²) in [6.07, 6.45) is 0.794. The Kier molecular flexibility index (Phi) is 7.52. The minimum atomic E-state index is -4.02. The second-order valence-electron chi connectivity index (χ2n) is 7.84. The molecule has 0 aliphatic carbocycles. The molecule has 34 heavy (non-hydrogen) atoms. The van der Waals surface area contributed by atoms with Gasteiger partial charge in [0.25, 0.3) is 5.69 Å². The minimum absolute atomic E-state index is 0.126. The average Bonchev–Trinajstić information content (AvgIpc) is 3.24. The lowest BCUT2D eigenvalue weighted by Gasteiger charge is -2.28. The van der Waals surface area contributed by atoms with Crippen LogP contribution in [0.5, 0.6) is 5.75 Å². The van der Waals surface area contributed by atoms with Crippen molar-refractivity contribution in [3.8, 4) is 5.75 Å². The van der Waals surface area contributed by atoms with Gasteiger partial charge in [0.05, 0.1) is 37.4 Å². The van der Waals surface area contributed by atoms with Crippen LogP contribution < -0.4 is 10.1 Å². The number of nitro groups is 1. The van der Waals surface area contributed by atoms with E-state index in [1.54, 1.807) is 24.3 Å². The van der Waals surface area contributed by atoms with E-state index in [2.05, 4.69) is 5.32 Å². The van der Waals surface area contributed by atoms with Gasteiger partial charge in [0.2, 0.25) is 15.9 Å². The van der Waals surface area contributed by atoms with Gasteiger partial charge in [0.15, 0.2) is 0 Å². The minimum Gasteiger partial charge on any atom is -0.497 e. The van der Waals surface area contributed by atoms with Crippen molar-refractivity contribution >= 4 is 27.6 Å². The van der Waals surface area contributed by atoms with E-state index >= 15 is 0 Å². The van der Waals surface area contributed by atoms with Gasteiger partial charge >= 0.3 is 5.97 Å². The maximum atomic E-state index is 13.1. The van der Waals surface area contributed by atoms with Crippen LogP contribution in [0.2, 0.25) is 0 Å². The van der Waals surface area contributed by atoms with Crippen LogP contribution in [-0.4, -0.2) is 56.0 Å². The second-order valence-corrected chi connectivity index (χ2v) is 9.72. The SMILES string of the molecule is COC(=O)C1CC(C(=O)NCc2ccc(OC)cc2)N(S(C)(=O)=O)C1c1cccc([N+](=O)[O-])c1. The van der Waals surface area contributed by atoms with Gasteiger partial charge < -0.3 is 14.8 Å². The Morgan fingerprint density at radius 3 is 2.41 bits per heavy atom. The zero-order chi connectivity index (χ0) is 25.0. The summed E-state index contributed by atoms with van der Waals surface area (Å²) in [5.74, 6) is -1.69. The van der Waals surface area contributed by atoms with E-state index in [0.717, 1.165) is 23.2 Å². The predicted molar refractivity (Wildman–Crippen MR) is 121 cm³/mol. The highest BCUT2D eigenvalue weighted by atomic mass is 32.2. The third-order valence-corrected chi connectivity index (χ3v) is 6.93. The van der Waals surface area contributed by atoms with E-state index in [1.807, 2.05) is 0 Å². The molecule has 11 nitrogen and oxygen atoms in total. The lowest BCUT2D eigenvalue weighted by atomic mass is 9.93. The Morgan fingerprint density at radius 1 is 1.18 bits per heavy atom. The molecule has 12 heteroatoms. The van der Waals surface area contributed by atoms with Crippen LogP contribution in [0.15, 0.2) is 48.5 Å². The Bertz CT molecular complexity index is 1180. The van der Waals surface area contributed by atoms with Gasteiger partial charge in [-0.15, -0.1) is 0 Å². The summed E-state index contributed by atoms with van der Waals surface area (Å²) in [7, 11) is -1.32. The van der Waals surface area contributed by atoms with Gasteiger partial charge in [0.1, 0.15) is 11.8 Å². The molecule has 1 saturated heterocycles. The number of carbonyl (C=O) groups is 2. The van der Waals surface area contributed by atoms with Crippen LogP contribution in [0.4, 0.5) is 5.69 Å². The summed E-state index contributed by atoms with van der Waals surface area (Å²) < 4.78 is 36.5. The van der Waals surface area contributed by atoms with Crippen molar-refractivity contribution < 1.29 is 32.4 Å². The van der Waals surface area contributed by atoms with Crippen LogP contribution in [0.3, 0.4) is 0 Å². The first-order valence-corrected chi connectivity index (χ1v) is 12.1. The van der Waals surface area contributed by atoms with Crippen LogP contribution in [0.1, 0.15) is 23.6 Å². The van der Waals surface area contributed by atoms with Crippen LogP contribution >= 0.6 is 0 Å². The van der Waals surface area contributed by atoms with Crippen molar-refractivity contribution in [3.63, 3.8) is 0 Å². The van der Waals surface area contributed by atoms with Crippen molar-refractivity contribution in [1.29, 1.82) is 0 Å². The van der Waals surface area contributed by atoms with Crippen molar-refractivity contribution in [2.75, 3.05) is 20.5 Å². The second kappa shape index (κ2) is 10.2. The molecule has 3 rings (SSSR count). The molecule has 1 aliphatic rings. The summed E-state index contributed by atoms with van der Waals surface area (Å²) in [5, 5.41) is 14.0. The number of methoxy groups -OCH3 is 2. The fourth-order valence-corrected chi connectivity index (χ4v) is 5.46. The highest BCUT2D eigenvalue weighted by Gasteiger charge is 2.52. The van der Waals surface area contributed by atoms with E-state index in [0.29, 0.717) is 5.75 Å². The number of carbonyl (C=O) groups excluding carboxylic acids is 2. The molecule has 0 bridgehead atoms. The van der Waals surface area contributed by atoms with E-state index in [1.165, 1.54) is 31.4 Å². The number of sulfonamides is 1. The number of ether oxygens (including phenoxy) is 2. The molecule has 0 radical (unpaired) electrons. The Hall–Kier alpha value is -3.51. The number of esters is 1. The Morgan fingerprint density at radius 2 is 1.85 bits per heavy atom. The van der Waals surface area contributed by atoms with Crippen molar-refractivity contribution in [2.45, 2.75) is 25.0 Å². The number of non-ortho nitro benzene ring substituents is 1. The molecule has 0 spiro atoms. The first kappa shape index (κ1) is 25.1. The van der Waals surface area contributed by atoms with Crippen molar-refractivity contribution in [2.24, 2.45) is 5.92 Å². The van der Waals surface area contributed by atoms with Gasteiger partial charge in [-0.1, -0.05) is 24.3 Å². The number of hydrogen-bond donors (Lipinski definition) is 1. The Labute approximate surface area is 196 Å². The topological polar surface area (TPSA) is 145 Å². The van der Waals surface area contributed by atoms with Gasteiger partial charge in [0, 0.05) is 18.7 Å². The van der Waals surface area contributed by atoms with Crippen molar-refractivity contribution in [3.05, 3.63) is 69.8 Å². The molecule has 1 N–H and O–H groups in total. The third kappa shape index (κ3) is 5.34. The molecule has 182 valence electrons. The van der Waals surface area contributed by atoms with Gasteiger partial charge in [-0.05, 0) is 29.7 Å². The summed E-state index contributed by atoms with van der Waals surface area (Å²) in [5.41, 5.74) is 0.722. The number of benzene rings is 2. The number of hydrogen-bond acceptors (Lipinski definition) is 8. The number of amides is 1. The number of nitrogens with one attached hydrogen (secondary N) is 1. The predicted octanol–water partition coefficient (Wildman–Crippen LogP) is 1.78. The molecule has 0 aromatic heterocycles. The van der Waals surface area contributed by atoms with Crippen LogP contribution in [0, 0.1) is 16.0 Å².